The Labute approximate surface area is 203 Å². The molecule has 0 saturated carbocycles. The second kappa shape index (κ2) is 8.11. The summed E-state index contributed by atoms with van der Waals surface area (Å²) in [6, 6.07) is 16.7. The highest BCUT2D eigenvalue weighted by atomic mass is 16.8. The van der Waals surface area contributed by atoms with Crippen LogP contribution in [0.3, 0.4) is 0 Å². The molecule has 3 saturated heterocycles. The molecule has 0 N–H and O–H groups in total. The fourth-order valence-electron chi connectivity index (χ4n) is 4.97. The van der Waals surface area contributed by atoms with Crippen molar-refractivity contribution in [2.75, 3.05) is 6.61 Å². The van der Waals surface area contributed by atoms with Crippen molar-refractivity contribution in [2.45, 2.75) is 63.9 Å². The number of rotatable bonds is 3. The van der Waals surface area contributed by atoms with Gasteiger partial charge in [0, 0.05) is 11.6 Å². The summed E-state index contributed by atoms with van der Waals surface area (Å²) in [5.41, 5.74) is 3.05. The van der Waals surface area contributed by atoms with Crippen molar-refractivity contribution >= 4 is 17.0 Å². The summed E-state index contributed by atoms with van der Waals surface area (Å²) in [5, 5.41) is 0.528. The zero-order valence-electron chi connectivity index (χ0n) is 20.1. The Morgan fingerprint density at radius 3 is 2.43 bits per heavy atom. The fraction of sp³-hybridized carbons (Fsp3) is 0.393. The number of ether oxygens (including phenoxy) is 5. The molecule has 0 unspecified atom stereocenters. The number of benzene rings is 2. The number of hydrogen-bond donors (Lipinski definition) is 0. The lowest BCUT2D eigenvalue weighted by Gasteiger charge is -2.25. The van der Waals surface area contributed by atoms with Crippen LogP contribution in [0, 0.1) is 0 Å². The van der Waals surface area contributed by atoms with Crippen molar-refractivity contribution in [3.05, 3.63) is 76.0 Å². The average molecular weight is 477 g/mol. The molecule has 2 aromatic carbocycles. The van der Waals surface area contributed by atoms with E-state index in [2.05, 4.69) is 0 Å². The van der Waals surface area contributed by atoms with E-state index in [4.69, 9.17) is 28.1 Å². The van der Waals surface area contributed by atoms with Crippen LogP contribution in [0.4, 0.5) is 0 Å². The Balaban J connectivity index is 1.40. The maximum atomic E-state index is 12.8. The lowest BCUT2D eigenvalue weighted by atomic mass is 9.98. The molecule has 0 spiro atoms. The Morgan fingerprint density at radius 1 is 0.886 bits per heavy atom. The van der Waals surface area contributed by atoms with Crippen molar-refractivity contribution in [1.29, 1.82) is 0 Å². The van der Waals surface area contributed by atoms with Gasteiger partial charge in [0.05, 0.1) is 12.0 Å². The lowest BCUT2D eigenvalue weighted by molar-refractivity contribution is -0.214. The first-order valence-corrected chi connectivity index (χ1v) is 11.9. The molecule has 7 heteroatoms. The van der Waals surface area contributed by atoms with Crippen molar-refractivity contribution in [3.63, 3.8) is 0 Å². The summed E-state index contributed by atoms with van der Waals surface area (Å²) in [5.74, 6) is -0.909. The van der Waals surface area contributed by atoms with Crippen LogP contribution in [-0.4, -0.2) is 42.8 Å². The first-order valence-electron chi connectivity index (χ1n) is 11.9. The topological polar surface area (TPSA) is 76.4 Å². The molecule has 3 aromatic rings. The zero-order chi connectivity index (χ0) is 24.4. The highest BCUT2D eigenvalue weighted by molar-refractivity contribution is 5.81. The minimum absolute atomic E-state index is 0.0838. The van der Waals surface area contributed by atoms with Crippen LogP contribution < -0.4 is 5.43 Å². The molecule has 0 radical (unpaired) electrons. The SMILES string of the molecule is CC1(C)O[C@H]2O[C@H]([C@H]3COC(C)(C)O3)/C(=C/c3ccc4c(=O)cc(-c5ccccc5)oc4c3)[C@H]2O1. The number of fused-ring (bicyclic) bond motifs is 2. The summed E-state index contributed by atoms with van der Waals surface area (Å²) in [6.07, 6.45) is 0.433. The molecule has 0 bridgehead atoms. The lowest BCUT2D eigenvalue weighted by Crippen LogP contribution is -2.34. The number of hydrogen-bond acceptors (Lipinski definition) is 7. The predicted molar refractivity (Wildman–Crippen MR) is 129 cm³/mol. The third-order valence-electron chi connectivity index (χ3n) is 6.51. The largest absolute Gasteiger partial charge is 0.456 e. The molecular weight excluding hydrogens is 448 g/mol. The Bertz CT molecular complexity index is 1350. The van der Waals surface area contributed by atoms with Crippen molar-refractivity contribution < 1.29 is 28.1 Å². The maximum absolute atomic E-state index is 12.8. The van der Waals surface area contributed by atoms with E-state index in [1.165, 1.54) is 6.07 Å². The summed E-state index contributed by atoms with van der Waals surface area (Å²) < 4.78 is 36.5. The normalized spacial score (nSPS) is 30.2. The molecule has 7 nitrogen and oxygen atoms in total. The summed E-state index contributed by atoms with van der Waals surface area (Å²) in [7, 11) is 0. The smallest absolute Gasteiger partial charge is 0.193 e. The molecule has 3 aliphatic rings. The van der Waals surface area contributed by atoms with Crippen molar-refractivity contribution in [1.82, 2.24) is 0 Å². The molecule has 182 valence electrons. The van der Waals surface area contributed by atoms with E-state index in [1.54, 1.807) is 6.07 Å². The first kappa shape index (κ1) is 22.6. The maximum Gasteiger partial charge on any atom is 0.193 e. The van der Waals surface area contributed by atoms with Crippen LogP contribution in [0.15, 0.2) is 69.4 Å². The van der Waals surface area contributed by atoms with Gasteiger partial charge in [-0.05, 0) is 51.0 Å². The van der Waals surface area contributed by atoms with E-state index in [-0.39, 0.29) is 23.7 Å². The van der Waals surface area contributed by atoms with Crippen LogP contribution in [0.2, 0.25) is 0 Å². The van der Waals surface area contributed by atoms with Gasteiger partial charge in [-0.15, -0.1) is 0 Å². The van der Waals surface area contributed by atoms with Crippen molar-refractivity contribution in [2.24, 2.45) is 0 Å². The molecule has 35 heavy (non-hydrogen) atoms. The van der Waals surface area contributed by atoms with E-state index < -0.39 is 17.9 Å². The van der Waals surface area contributed by atoms with Gasteiger partial charge in [-0.3, -0.25) is 4.79 Å². The third-order valence-corrected chi connectivity index (χ3v) is 6.51. The van der Waals surface area contributed by atoms with Gasteiger partial charge in [0.2, 0.25) is 0 Å². The predicted octanol–water partition coefficient (Wildman–Crippen LogP) is 4.87. The van der Waals surface area contributed by atoms with Crippen LogP contribution in [0.25, 0.3) is 28.4 Å². The van der Waals surface area contributed by atoms with Crippen LogP contribution in [0.5, 0.6) is 0 Å². The van der Waals surface area contributed by atoms with Crippen LogP contribution in [-0.2, 0) is 23.7 Å². The van der Waals surface area contributed by atoms with Crippen LogP contribution in [0.1, 0.15) is 33.3 Å². The van der Waals surface area contributed by atoms with Gasteiger partial charge in [0.15, 0.2) is 23.3 Å². The van der Waals surface area contributed by atoms with Gasteiger partial charge in [-0.2, -0.15) is 0 Å². The van der Waals surface area contributed by atoms with E-state index in [0.29, 0.717) is 23.3 Å². The molecule has 4 heterocycles. The Morgan fingerprint density at radius 2 is 1.69 bits per heavy atom. The van der Waals surface area contributed by atoms with Gasteiger partial charge < -0.3 is 28.1 Å². The standard InChI is InChI=1S/C28H28O7/c1-27(2)30-15-23(33-27)24-19(25-26(32-24)35-28(3,4)34-25)12-16-10-11-18-20(29)14-21(31-22(18)13-16)17-8-6-5-7-9-17/h5-14,23-26H,15H2,1-4H3/b19-12-/t23-,24+,25-,26-/m1/s1. The second-order valence-corrected chi connectivity index (χ2v) is 10.1. The molecular formula is C28H28O7. The minimum atomic E-state index is -0.757. The van der Waals surface area contributed by atoms with Gasteiger partial charge in [0.1, 0.15) is 29.7 Å². The summed E-state index contributed by atoms with van der Waals surface area (Å²) in [4.78, 5) is 12.8. The third kappa shape index (κ3) is 4.24. The molecule has 0 amide bonds. The second-order valence-electron chi connectivity index (χ2n) is 10.1. The van der Waals surface area contributed by atoms with E-state index in [0.717, 1.165) is 16.7 Å². The van der Waals surface area contributed by atoms with E-state index in [1.807, 2.05) is 76.2 Å². The molecule has 6 rings (SSSR count). The Hall–Kier alpha value is -2.81. The fourth-order valence-corrected chi connectivity index (χ4v) is 4.97. The van der Waals surface area contributed by atoms with Gasteiger partial charge in [0.25, 0.3) is 0 Å². The molecule has 0 aliphatic carbocycles. The highest BCUT2D eigenvalue weighted by Gasteiger charge is 2.55. The van der Waals surface area contributed by atoms with Gasteiger partial charge in [-0.25, -0.2) is 0 Å². The van der Waals surface area contributed by atoms with E-state index >= 15 is 0 Å². The zero-order valence-corrected chi connectivity index (χ0v) is 20.1. The van der Waals surface area contributed by atoms with Gasteiger partial charge >= 0.3 is 0 Å². The van der Waals surface area contributed by atoms with Crippen LogP contribution >= 0.6 is 0 Å². The average Bonchev–Trinajstić information content (AvgIpc) is 3.43. The van der Waals surface area contributed by atoms with Gasteiger partial charge in [-0.1, -0.05) is 42.5 Å². The Kier molecular flexibility index (Phi) is 5.25. The first-order chi connectivity index (χ1) is 16.7. The summed E-state index contributed by atoms with van der Waals surface area (Å²) >= 11 is 0. The minimum Gasteiger partial charge on any atom is -0.456 e. The quantitative estimate of drug-likeness (QED) is 0.534. The van der Waals surface area contributed by atoms with Crippen molar-refractivity contribution in [3.8, 4) is 11.3 Å². The molecule has 3 aliphatic heterocycles. The molecule has 1 aromatic heterocycles. The van der Waals surface area contributed by atoms with E-state index in [9.17, 15) is 4.79 Å². The molecule has 4 atom stereocenters. The highest BCUT2D eigenvalue weighted by Crippen LogP contribution is 2.44. The monoisotopic (exact) mass is 476 g/mol. The molecule has 3 fully saturated rings. The summed E-state index contributed by atoms with van der Waals surface area (Å²) in [6.45, 7) is 7.92.